The van der Waals surface area contributed by atoms with E-state index >= 15 is 0 Å². The highest BCUT2D eigenvalue weighted by Crippen LogP contribution is 2.27. The van der Waals surface area contributed by atoms with Crippen LogP contribution in [-0.2, 0) is 22.4 Å². The van der Waals surface area contributed by atoms with Gasteiger partial charge in [-0.1, -0.05) is 11.8 Å². The molecule has 9 nitrogen and oxygen atoms in total. The minimum atomic E-state index is -0.237. The average molecular weight is 401 g/mol. The molecule has 0 unspecified atom stereocenters. The van der Waals surface area contributed by atoms with Gasteiger partial charge < -0.3 is 4.74 Å². The van der Waals surface area contributed by atoms with Gasteiger partial charge in [0.1, 0.15) is 11.1 Å². The molecular weight excluding hydrogens is 380 g/mol. The molecule has 2 aliphatic rings. The van der Waals surface area contributed by atoms with E-state index in [4.69, 9.17) is 9.26 Å². The fraction of sp³-hybridized carbons (Fsp3) is 0.500. The fourth-order valence-corrected chi connectivity index (χ4v) is 4.07. The first-order chi connectivity index (χ1) is 13.7. The third kappa shape index (κ3) is 4.26. The number of fused-ring (bicyclic) bond motifs is 1. The monoisotopic (exact) mass is 401 g/mol. The molecule has 0 radical (unpaired) electrons. The second-order valence-corrected chi connectivity index (χ2v) is 7.62. The Morgan fingerprint density at radius 1 is 1.36 bits per heavy atom. The summed E-state index contributed by atoms with van der Waals surface area (Å²) in [5.74, 6) is 0.174. The van der Waals surface area contributed by atoms with Crippen molar-refractivity contribution in [1.82, 2.24) is 10.3 Å². The zero-order chi connectivity index (χ0) is 19.3. The second kappa shape index (κ2) is 8.58. The Bertz CT molecular complexity index is 903. The highest BCUT2D eigenvalue weighted by molar-refractivity contribution is 8.00. The van der Waals surface area contributed by atoms with E-state index in [2.05, 4.69) is 21.6 Å². The molecule has 0 aromatic carbocycles. The number of thioether (sulfide) groups is 1. The summed E-state index contributed by atoms with van der Waals surface area (Å²) >= 11 is 1.27. The lowest BCUT2D eigenvalue weighted by Gasteiger charge is -2.18. The number of rotatable bonds is 5. The fourth-order valence-electron chi connectivity index (χ4n) is 3.30. The van der Waals surface area contributed by atoms with Gasteiger partial charge in [-0.15, -0.1) is 5.01 Å². The molecule has 0 saturated carbocycles. The number of carbonyl (C=O) groups is 1. The van der Waals surface area contributed by atoms with E-state index in [1.54, 1.807) is 11.0 Å². The second-order valence-electron chi connectivity index (χ2n) is 6.66. The summed E-state index contributed by atoms with van der Waals surface area (Å²) in [4.78, 5) is 18.5. The molecule has 0 spiro atoms. The number of anilines is 1. The van der Waals surface area contributed by atoms with Crippen LogP contribution in [0, 0.1) is 11.3 Å². The van der Waals surface area contributed by atoms with Crippen LogP contribution in [0.25, 0.3) is 0 Å². The summed E-state index contributed by atoms with van der Waals surface area (Å²) in [6, 6.07) is 4.12. The summed E-state index contributed by atoms with van der Waals surface area (Å²) < 4.78 is 10.5. The molecule has 1 aliphatic heterocycles. The Labute approximate surface area is 166 Å². The Morgan fingerprint density at radius 2 is 2.18 bits per heavy atom. The van der Waals surface area contributed by atoms with Crippen LogP contribution < -0.4 is 15.1 Å². The van der Waals surface area contributed by atoms with E-state index in [-0.39, 0.29) is 17.5 Å². The number of nitrogens with one attached hydrogen (secondary N) is 1. The molecule has 1 fully saturated rings. The van der Waals surface area contributed by atoms with E-state index in [9.17, 15) is 10.1 Å². The van der Waals surface area contributed by atoms with Gasteiger partial charge in [-0.2, -0.15) is 5.26 Å². The van der Waals surface area contributed by atoms with Gasteiger partial charge in [-0.05, 0) is 37.3 Å². The van der Waals surface area contributed by atoms with Gasteiger partial charge in [-0.25, -0.2) is 4.98 Å². The molecule has 1 amide bonds. The third-order valence-corrected chi connectivity index (χ3v) is 5.71. The number of hydrogen-bond donors (Lipinski definition) is 1. The highest BCUT2D eigenvalue weighted by atomic mass is 32.2. The molecule has 2 aromatic rings. The molecule has 1 saturated heterocycles. The van der Waals surface area contributed by atoms with Gasteiger partial charge in [0, 0.05) is 5.69 Å². The SMILES string of the molecule is N#Cc1cc2c(nc1SCC(=O)Nc1c[n+](N3CCOCC3)no1)CCCC2. The first kappa shape index (κ1) is 18.7. The Kier molecular flexibility index (Phi) is 5.73. The summed E-state index contributed by atoms with van der Waals surface area (Å²) in [5, 5.41) is 18.6. The lowest BCUT2D eigenvalue weighted by Crippen LogP contribution is -2.62. The van der Waals surface area contributed by atoms with Gasteiger partial charge in [0.05, 0.1) is 42.4 Å². The number of aryl methyl sites for hydroxylation is 2. The van der Waals surface area contributed by atoms with Gasteiger partial charge in [0.15, 0.2) is 0 Å². The number of pyridine rings is 1. The largest absolute Gasteiger partial charge is 0.377 e. The third-order valence-electron chi connectivity index (χ3n) is 4.72. The summed E-state index contributed by atoms with van der Waals surface area (Å²) in [5.41, 5.74) is 2.74. The van der Waals surface area contributed by atoms with Gasteiger partial charge in [-0.3, -0.25) is 14.6 Å². The molecule has 1 N–H and O–H groups in total. The number of ether oxygens (including phenoxy) is 1. The van der Waals surface area contributed by atoms with Crippen molar-refractivity contribution in [2.45, 2.75) is 30.7 Å². The minimum absolute atomic E-state index is 0.138. The van der Waals surface area contributed by atoms with Crippen molar-refractivity contribution in [3.05, 3.63) is 29.1 Å². The molecule has 3 heterocycles. The summed E-state index contributed by atoms with van der Waals surface area (Å²) in [7, 11) is 0. The molecule has 1 aliphatic carbocycles. The maximum atomic E-state index is 12.3. The number of nitrogens with zero attached hydrogens (tertiary/aromatic N) is 5. The average Bonchev–Trinajstić information content (AvgIpc) is 3.20. The first-order valence-electron chi connectivity index (χ1n) is 9.30. The van der Waals surface area contributed by atoms with E-state index in [0.29, 0.717) is 36.9 Å². The van der Waals surface area contributed by atoms with Gasteiger partial charge in [0.25, 0.3) is 6.20 Å². The quantitative estimate of drug-likeness (QED) is 0.579. The molecule has 2 aromatic heterocycles. The van der Waals surface area contributed by atoms with Crippen LogP contribution in [-0.4, -0.2) is 48.2 Å². The molecule has 146 valence electrons. The summed E-state index contributed by atoms with van der Waals surface area (Å²) in [6.07, 6.45) is 5.78. The number of amides is 1. The smallest absolute Gasteiger partial charge is 0.305 e. The van der Waals surface area contributed by atoms with Crippen molar-refractivity contribution in [3.63, 3.8) is 0 Å². The normalized spacial score (nSPS) is 16.3. The predicted octanol–water partition coefficient (Wildman–Crippen LogP) is 0.807. The van der Waals surface area contributed by atoms with E-state index in [1.165, 1.54) is 11.8 Å². The molecule has 0 bridgehead atoms. The number of nitriles is 1. The maximum Gasteiger partial charge on any atom is 0.305 e. The molecule has 10 heteroatoms. The van der Waals surface area contributed by atoms with Crippen LogP contribution in [0.2, 0.25) is 0 Å². The van der Waals surface area contributed by atoms with Crippen molar-refractivity contribution in [2.75, 3.05) is 42.4 Å². The zero-order valence-corrected chi connectivity index (χ0v) is 16.2. The van der Waals surface area contributed by atoms with Crippen molar-refractivity contribution < 1.29 is 18.8 Å². The number of carbonyl (C=O) groups excluding carboxylic acids is 1. The van der Waals surface area contributed by atoms with Crippen LogP contribution in [0.3, 0.4) is 0 Å². The summed E-state index contributed by atoms with van der Waals surface area (Å²) in [6.45, 7) is 2.68. The van der Waals surface area contributed by atoms with Gasteiger partial charge in [0.2, 0.25) is 11.2 Å². The van der Waals surface area contributed by atoms with E-state index in [0.717, 1.165) is 36.9 Å². The predicted molar refractivity (Wildman–Crippen MR) is 100 cm³/mol. The van der Waals surface area contributed by atoms with Crippen LogP contribution in [0.5, 0.6) is 0 Å². The molecular formula is C18H21N6O3S+. The lowest BCUT2D eigenvalue weighted by molar-refractivity contribution is -0.759. The first-order valence-corrected chi connectivity index (χ1v) is 10.3. The lowest BCUT2D eigenvalue weighted by atomic mass is 9.95. The van der Waals surface area contributed by atoms with Crippen molar-refractivity contribution in [2.24, 2.45) is 0 Å². The number of aromatic nitrogens is 3. The van der Waals surface area contributed by atoms with E-state index in [1.807, 2.05) is 11.1 Å². The molecule has 0 atom stereocenters. The van der Waals surface area contributed by atoms with E-state index < -0.39 is 0 Å². The minimum Gasteiger partial charge on any atom is -0.377 e. The molecule has 4 rings (SSSR count). The standard InChI is InChI=1S/C18H20N6O3S/c19-10-14-9-13-3-1-2-4-15(13)20-18(14)28-12-16(25)21-17-11-24(22-27-17)23-5-7-26-8-6-23/h9,11H,1-8,12H2/p+1. The van der Waals surface area contributed by atoms with Crippen molar-refractivity contribution in [3.8, 4) is 6.07 Å². The maximum absolute atomic E-state index is 12.3. The van der Waals surface area contributed by atoms with Gasteiger partial charge >= 0.3 is 5.88 Å². The topological polar surface area (TPSA) is 108 Å². The number of morpholine rings is 1. The van der Waals surface area contributed by atoms with Crippen molar-refractivity contribution in [1.29, 1.82) is 5.26 Å². The van der Waals surface area contributed by atoms with Crippen LogP contribution >= 0.6 is 11.8 Å². The Hall–Kier alpha value is -2.64. The Morgan fingerprint density at radius 3 is 3.00 bits per heavy atom. The van der Waals surface area contributed by atoms with Crippen LogP contribution in [0.15, 0.2) is 21.8 Å². The molecule has 28 heavy (non-hydrogen) atoms. The van der Waals surface area contributed by atoms with Crippen molar-refractivity contribution >= 4 is 23.6 Å². The van der Waals surface area contributed by atoms with Crippen LogP contribution in [0.4, 0.5) is 5.88 Å². The highest BCUT2D eigenvalue weighted by Gasteiger charge is 2.24. The number of hydrogen-bond acceptors (Lipinski definition) is 8. The Balaban J connectivity index is 1.36. The zero-order valence-electron chi connectivity index (χ0n) is 15.4. The van der Waals surface area contributed by atoms with Crippen LogP contribution in [0.1, 0.15) is 29.7 Å².